The molecule has 0 heterocycles. The molecule has 0 aliphatic heterocycles. The van der Waals surface area contributed by atoms with Crippen molar-refractivity contribution < 1.29 is 5.11 Å². The summed E-state index contributed by atoms with van der Waals surface area (Å²) in [6.45, 7) is 3.54. The van der Waals surface area contributed by atoms with Gasteiger partial charge in [0.25, 0.3) is 0 Å². The molecular weight excluding hydrogens is 290 g/mol. The Hall–Kier alpha value is -1.32. The molecule has 0 aromatic heterocycles. The number of nitrogens with one attached hydrogen (secondary N) is 1. The summed E-state index contributed by atoms with van der Waals surface area (Å²) in [7, 11) is 0. The van der Waals surface area contributed by atoms with Crippen molar-refractivity contribution in [1.29, 1.82) is 0 Å². The van der Waals surface area contributed by atoms with Gasteiger partial charge in [0.2, 0.25) is 0 Å². The lowest BCUT2D eigenvalue weighted by Crippen LogP contribution is -2.12. The third-order valence-corrected chi connectivity index (χ3v) is 3.75. The fourth-order valence-corrected chi connectivity index (χ4v) is 2.07. The maximum Gasteiger partial charge on any atom is 0.120 e. The number of aryl methyl sites for hydroxylation is 1. The predicted molar refractivity (Wildman–Crippen MR) is 77.5 cm³/mol. The zero-order valence-corrected chi connectivity index (χ0v) is 11.9. The van der Waals surface area contributed by atoms with Crippen LogP contribution in [-0.2, 0) is 13.1 Å². The Kier molecular flexibility index (Phi) is 4.39. The number of hydrogen-bond donors (Lipinski definition) is 2. The number of benzene rings is 2. The Morgan fingerprint density at radius 1 is 1.11 bits per heavy atom. The van der Waals surface area contributed by atoms with Gasteiger partial charge in [0.1, 0.15) is 5.75 Å². The van der Waals surface area contributed by atoms with Crippen LogP contribution >= 0.6 is 15.9 Å². The molecular formula is C15H16BrNO. The molecule has 0 saturated heterocycles. The van der Waals surface area contributed by atoms with Crippen LogP contribution in [0.1, 0.15) is 16.7 Å². The highest BCUT2D eigenvalue weighted by Gasteiger charge is 2.00. The van der Waals surface area contributed by atoms with Gasteiger partial charge in [-0.1, -0.05) is 46.3 Å². The number of rotatable bonds is 4. The van der Waals surface area contributed by atoms with E-state index in [0.29, 0.717) is 12.3 Å². The van der Waals surface area contributed by atoms with Crippen LogP contribution in [0.2, 0.25) is 0 Å². The maximum atomic E-state index is 9.64. The van der Waals surface area contributed by atoms with E-state index < -0.39 is 0 Å². The van der Waals surface area contributed by atoms with E-state index in [-0.39, 0.29) is 0 Å². The van der Waals surface area contributed by atoms with Gasteiger partial charge in [0, 0.05) is 23.1 Å². The summed E-state index contributed by atoms with van der Waals surface area (Å²) in [4.78, 5) is 0. The van der Waals surface area contributed by atoms with Crippen LogP contribution in [0.15, 0.2) is 46.9 Å². The van der Waals surface area contributed by atoms with Crippen LogP contribution in [0, 0.1) is 6.92 Å². The second-order valence-corrected chi connectivity index (χ2v) is 5.17. The molecule has 0 aliphatic carbocycles. The normalized spacial score (nSPS) is 10.6. The molecule has 2 nitrogen and oxygen atoms in total. The molecule has 2 rings (SSSR count). The molecule has 0 aliphatic rings. The van der Waals surface area contributed by atoms with Crippen LogP contribution in [-0.4, -0.2) is 5.11 Å². The smallest absolute Gasteiger partial charge is 0.120 e. The van der Waals surface area contributed by atoms with Gasteiger partial charge in [-0.3, -0.25) is 0 Å². The molecule has 0 saturated carbocycles. The van der Waals surface area contributed by atoms with Gasteiger partial charge in [-0.15, -0.1) is 0 Å². The highest BCUT2D eigenvalue weighted by Crippen LogP contribution is 2.18. The van der Waals surface area contributed by atoms with Gasteiger partial charge in [0.15, 0.2) is 0 Å². The highest BCUT2D eigenvalue weighted by atomic mass is 79.9. The fourth-order valence-electron chi connectivity index (χ4n) is 1.82. The number of para-hydroxylation sites is 1. The summed E-state index contributed by atoms with van der Waals surface area (Å²) in [5, 5.41) is 13.0. The standard InChI is InChI=1S/C15H16BrNO/c1-11-8-12(6-7-14(11)16)9-17-10-13-4-2-3-5-15(13)18/h2-8,17-18H,9-10H2,1H3. The first-order valence-corrected chi connectivity index (χ1v) is 6.69. The Morgan fingerprint density at radius 3 is 2.61 bits per heavy atom. The van der Waals surface area contributed by atoms with Gasteiger partial charge < -0.3 is 10.4 Å². The van der Waals surface area contributed by atoms with E-state index >= 15 is 0 Å². The van der Waals surface area contributed by atoms with E-state index in [0.717, 1.165) is 16.6 Å². The first-order valence-electron chi connectivity index (χ1n) is 5.89. The second kappa shape index (κ2) is 6.03. The van der Waals surface area contributed by atoms with Gasteiger partial charge >= 0.3 is 0 Å². The van der Waals surface area contributed by atoms with Crippen molar-refractivity contribution in [3.63, 3.8) is 0 Å². The fraction of sp³-hybridized carbons (Fsp3) is 0.200. The average Bonchev–Trinajstić information content (AvgIpc) is 2.36. The Morgan fingerprint density at radius 2 is 1.89 bits per heavy atom. The van der Waals surface area contributed by atoms with Crippen LogP contribution in [0.4, 0.5) is 0 Å². The van der Waals surface area contributed by atoms with Crippen LogP contribution in [0.25, 0.3) is 0 Å². The van der Waals surface area contributed by atoms with Crippen molar-refractivity contribution in [1.82, 2.24) is 5.32 Å². The first kappa shape index (κ1) is 13.1. The molecule has 18 heavy (non-hydrogen) atoms. The number of halogens is 1. The lowest BCUT2D eigenvalue weighted by Gasteiger charge is -2.08. The van der Waals surface area contributed by atoms with E-state index in [4.69, 9.17) is 0 Å². The zero-order valence-electron chi connectivity index (χ0n) is 10.3. The average molecular weight is 306 g/mol. The van der Waals surface area contributed by atoms with Crippen molar-refractivity contribution in [3.05, 3.63) is 63.6 Å². The van der Waals surface area contributed by atoms with Crippen molar-refractivity contribution in [3.8, 4) is 5.75 Å². The van der Waals surface area contributed by atoms with Crippen LogP contribution in [0.5, 0.6) is 5.75 Å². The third kappa shape index (κ3) is 3.34. The molecule has 0 unspecified atom stereocenters. The largest absolute Gasteiger partial charge is 0.508 e. The van der Waals surface area contributed by atoms with E-state index in [1.807, 2.05) is 18.2 Å². The van der Waals surface area contributed by atoms with Crippen molar-refractivity contribution in [2.45, 2.75) is 20.0 Å². The molecule has 94 valence electrons. The minimum absolute atomic E-state index is 0.344. The molecule has 0 atom stereocenters. The summed E-state index contributed by atoms with van der Waals surface area (Å²) in [5.74, 6) is 0.344. The highest BCUT2D eigenvalue weighted by molar-refractivity contribution is 9.10. The second-order valence-electron chi connectivity index (χ2n) is 4.32. The van der Waals surface area contributed by atoms with Crippen LogP contribution < -0.4 is 5.32 Å². The van der Waals surface area contributed by atoms with E-state index in [2.05, 4.69) is 46.4 Å². The maximum absolute atomic E-state index is 9.64. The van der Waals surface area contributed by atoms with Gasteiger partial charge in [0.05, 0.1) is 0 Å². The molecule has 0 bridgehead atoms. The Balaban J connectivity index is 1.92. The number of aromatic hydroxyl groups is 1. The summed E-state index contributed by atoms with van der Waals surface area (Å²) in [5.41, 5.74) is 3.40. The molecule has 0 spiro atoms. The lowest BCUT2D eigenvalue weighted by molar-refractivity contribution is 0.464. The predicted octanol–water partition coefficient (Wildman–Crippen LogP) is 3.75. The third-order valence-electron chi connectivity index (χ3n) is 2.86. The topological polar surface area (TPSA) is 32.3 Å². The van der Waals surface area contributed by atoms with Gasteiger partial charge in [-0.05, 0) is 30.2 Å². The number of hydrogen-bond acceptors (Lipinski definition) is 2. The van der Waals surface area contributed by atoms with E-state index in [1.165, 1.54) is 11.1 Å². The Labute approximate surface area is 116 Å². The van der Waals surface area contributed by atoms with Crippen molar-refractivity contribution in [2.24, 2.45) is 0 Å². The minimum atomic E-state index is 0.344. The summed E-state index contributed by atoms with van der Waals surface area (Å²) in [6.07, 6.45) is 0. The SMILES string of the molecule is Cc1cc(CNCc2ccccc2O)ccc1Br. The van der Waals surface area contributed by atoms with Gasteiger partial charge in [-0.2, -0.15) is 0 Å². The molecule has 0 fully saturated rings. The summed E-state index contributed by atoms with van der Waals surface area (Å²) in [6, 6.07) is 13.7. The first-order chi connectivity index (χ1) is 8.66. The summed E-state index contributed by atoms with van der Waals surface area (Å²) < 4.78 is 1.13. The van der Waals surface area contributed by atoms with E-state index in [1.54, 1.807) is 6.07 Å². The number of phenolic OH excluding ortho intramolecular Hbond substituents is 1. The van der Waals surface area contributed by atoms with E-state index in [9.17, 15) is 5.11 Å². The van der Waals surface area contributed by atoms with Crippen molar-refractivity contribution >= 4 is 15.9 Å². The van der Waals surface area contributed by atoms with Crippen LogP contribution in [0.3, 0.4) is 0 Å². The molecule has 2 aromatic carbocycles. The number of phenols is 1. The zero-order chi connectivity index (χ0) is 13.0. The molecule has 2 aromatic rings. The summed E-state index contributed by atoms with van der Waals surface area (Å²) >= 11 is 3.49. The molecule has 3 heteroatoms. The lowest BCUT2D eigenvalue weighted by atomic mass is 10.1. The molecule has 2 N–H and O–H groups in total. The Bertz CT molecular complexity index is 540. The molecule has 0 radical (unpaired) electrons. The molecule has 0 amide bonds. The monoisotopic (exact) mass is 305 g/mol. The van der Waals surface area contributed by atoms with Gasteiger partial charge in [-0.25, -0.2) is 0 Å². The quantitative estimate of drug-likeness (QED) is 0.901. The van der Waals surface area contributed by atoms with Crippen molar-refractivity contribution in [2.75, 3.05) is 0 Å². The minimum Gasteiger partial charge on any atom is -0.508 e.